The minimum absolute atomic E-state index is 0.0446. The molecule has 2 aromatic rings. The van der Waals surface area contributed by atoms with Gasteiger partial charge in [-0.2, -0.15) is 0 Å². The molecule has 8 heteroatoms. The molecule has 0 atom stereocenters. The molecular weight excluding hydrogens is 384 g/mol. The van der Waals surface area contributed by atoms with E-state index in [1.807, 2.05) is 36.4 Å². The first-order chi connectivity index (χ1) is 14.6. The number of rotatable bonds is 5. The van der Waals surface area contributed by atoms with E-state index >= 15 is 0 Å². The van der Waals surface area contributed by atoms with Crippen molar-refractivity contribution >= 4 is 23.3 Å². The van der Waals surface area contributed by atoms with Crippen LogP contribution in [0.5, 0.6) is 11.5 Å². The molecule has 0 saturated carbocycles. The van der Waals surface area contributed by atoms with Gasteiger partial charge in [-0.1, -0.05) is 12.1 Å². The van der Waals surface area contributed by atoms with E-state index < -0.39 is 0 Å². The van der Waals surface area contributed by atoms with Gasteiger partial charge >= 0.3 is 6.03 Å². The number of hydrogen-bond acceptors (Lipinski definition) is 5. The molecule has 0 bridgehead atoms. The summed E-state index contributed by atoms with van der Waals surface area (Å²) < 4.78 is 5.16. The summed E-state index contributed by atoms with van der Waals surface area (Å²) in [5, 5.41) is 10.0. The molecule has 0 unspecified atom stereocenters. The van der Waals surface area contributed by atoms with Crippen molar-refractivity contribution in [3.05, 3.63) is 48.5 Å². The molecule has 2 aliphatic rings. The van der Waals surface area contributed by atoms with Gasteiger partial charge in [0.1, 0.15) is 18.0 Å². The van der Waals surface area contributed by atoms with Crippen LogP contribution in [0.1, 0.15) is 0 Å². The molecule has 2 saturated heterocycles. The number of phenols is 1. The zero-order valence-corrected chi connectivity index (χ0v) is 17.0. The molecule has 2 fully saturated rings. The van der Waals surface area contributed by atoms with Crippen molar-refractivity contribution in [2.24, 2.45) is 0 Å². The summed E-state index contributed by atoms with van der Waals surface area (Å²) in [5.41, 5.74) is 1.58. The summed E-state index contributed by atoms with van der Waals surface area (Å²) in [5.74, 6) is 0.941. The Morgan fingerprint density at radius 2 is 1.67 bits per heavy atom. The highest BCUT2D eigenvalue weighted by Crippen LogP contribution is 2.27. The summed E-state index contributed by atoms with van der Waals surface area (Å²) in [4.78, 5) is 32.7. The van der Waals surface area contributed by atoms with Gasteiger partial charge in [-0.15, -0.1) is 0 Å². The smallest absolute Gasteiger partial charge is 0.325 e. The van der Waals surface area contributed by atoms with Crippen LogP contribution in [0.15, 0.2) is 48.5 Å². The third-order valence-corrected chi connectivity index (χ3v) is 5.66. The number of urea groups is 1. The van der Waals surface area contributed by atoms with E-state index in [4.69, 9.17) is 4.74 Å². The highest BCUT2D eigenvalue weighted by molar-refractivity contribution is 5.96. The number of piperazine rings is 1. The zero-order valence-electron chi connectivity index (χ0n) is 17.0. The Hall–Kier alpha value is -3.42. The lowest BCUT2D eigenvalue weighted by Gasteiger charge is -2.36. The minimum atomic E-state index is -0.152. The number of hydrogen-bond donors (Lipinski definition) is 1. The molecule has 3 amide bonds. The molecular formula is C22H26N4O4. The number of aromatic hydroxyl groups is 1. The average Bonchev–Trinajstić information content (AvgIpc) is 3.14. The van der Waals surface area contributed by atoms with E-state index in [1.165, 1.54) is 0 Å². The van der Waals surface area contributed by atoms with Crippen molar-refractivity contribution in [2.75, 3.05) is 62.7 Å². The van der Waals surface area contributed by atoms with Gasteiger partial charge in [0.05, 0.1) is 12.8 Å². The second-order valence-corrected chi connectivity index (χ2v) is 7.41. The van der Waals surface area contributed by atoms with Crippen molar-refractivity contribution < 1.29 is 19.4 Å². The van der Waals surface area contributed by atoms with Gasteiger partial charge in [-0.05, 0) is 36.4 Å². The van der Waals surface area contributed by atoms with Crippen LogP contribution < -0.4 is 14.5 Å². The number of amides is 3. The first-order valence-electron chi connectivity index (χ1n) is 10.1. The predicted molar refractivity (Wildman–Crippen MR) is 114 cm³/mol. The summed E-state index contributed by atoms with van der Waals surface area (Å²) in [7, 11) is 1.60. The molecule has 4 rings (SSSR count). The Morgan fingerprint density at radius 3 is 2.33 bits per heavy atom. The molecule has 8 nitrogen and oxygen atoms in total. The lowest BCUT2D eigenvalue weighted by Crippen LogP contribution is -2.51. The maximum absolute atomic E-state index is 12.8. The fraction of sp³-hybridized carbons (Fsp3) is 0.364. The second-order valence-electron chi connectivity index (χ2n) is 7.41. The molecule has 30 heavy (non-hydrogen) atoms. The fourth-order valence-electron chi connectivity index (χ4n) is 3.92. The molecule has 158 valence electrons. The standard InChI is InChI=1S/C22H26N4O4/c1-30-18-8-6-17(7-9-18)26-15-14-25(22(26)29)16-21(28)24-12-10-23(11-13-24)19-4-2-3-5-20(19)27/h2-9,27H,10-16H2,1H3. The van der Waals surface area contributed by atoms with Gasteiger partial charge in [0.25, 0.3) is 0 Å². The highest BCUT2D eigenvalue weighted by atomic mass is 16.5. The van der Waals surface area contributed by atoms with E-state index in [0.717, 1.165) is 17.1 Å². The Kier molecular flexibility index (Phi) is 5.65. The van der Waals surface area contributed by atoms with E-state index in [0.29, 0.717) is 39.3 Å². The van der Waals surface area contributed by atoms with Crippen LogP contribution in [-0.2, 0) is 4.79 Å². The average molecular weight is 410 g/mol. The SMILES string of the molecule is COc1ccc(N2CCN(CC(=O)N3CCN(c4ccccc4O)CC3)C2=O)cc1. The van der Waals surface area contributed by atoms with Crippen molar-refractivity contribution in [3.63, 3.8) is 0 Å². The number of nitrogens with zero attached hydrogens (tertiary/aromatic N) is 4. The van der Waals surface area contributed by atoms with E-state index in [9.17, 15) is 14.7 Å². The number of phenolic OH excluding ortho intramolecular Hbond substituents is 1. The van der Waals surface area contributed by atoms with Crippen molar-refractivity contribution in [1.29, 1.82) is 0 Å². The fourth-order valence-corrected chi connectivity index (χ4v) is 3.92. The van der Waals surface area contributed by atoms with Crippen LogP contribution in [0.2, 0.25) is 0 Å². The van der Waals surface area contributed by atoms with Gasteiger partial charge in [0, 0.05) is 45.0 Å². The molecule has 1 N–H and O–H groups in total. The number of carbonyl (C=O) groups is 2. The molecule has 0 radical (unpaired) electrons. The first-order valence-corrected chi connectivity index (χ1v) is 10.1. The van der Waals surface area contributed by atoms with Gasteiger partial charge in [-0.25, -0.2) is 4.79 Å². The van der Waals surface area contributed by atoms with Gasteiger partial charge in [0.2, 0.25) is 5.91 Å². The zero-order chi connectivity index (χ0) is 21.1. The number of carbonyl (C=O) groups excluding carboxylic acids is 2. The van der Waals surface area contributed by atoms with Crippen molar-refractivity contribution in [3.8, 4) is 11.5 Å². The maximum atomic E-state index is 12.8. The predicted octanol–water partition coefficient (Wildman–Crippen LogP) is 1.99. The topological polar surface area (TPSA) is 76.6 Å². The number of benzene rings is 2. The van der Waals surface area contributed by atoms with Crippen LogP contribution in [0.25, 0.3) is 0 Å². The maximum Gasteiger partial charge on any atom is 0.325 e. The monoisotopic (exact) mass is 410 g/mol. The lowest BCUT2D eigenvalue weighted by molar-refractivity contribution is -0.131. The Bertz CT molecular complexity index is 910. The lowest BCUT2D eigenvalue weighted by atomic mass is 10.2. The number of methoxy groups -OCH3 is 1. The van der Waals surface area contributed by atoms with Crippen molar-refractivity contribution in [2.45, 2.75) is 0 Å². The van der Waals surface area contributed by atoms with E-state index in [1.54, 1.807) is 33.9 Å². The van der Waals surface area contributed by atoms with Crippen LogP contribution in [0.4, 0.5) is 16.2 Å². The number of ether oxygens (including phenoxy) is 1. The normalized spacial score (nSPS) is 16.9. The highest BCUT2D eigenvalue weighted by Gasteiger charge is 2.32. The summed E-state index contributed by atoms with van der Waals surface area (Å²) in [6.07, 6.45) is 0. The van der Waals surface area contributed by atoms with Gasteiger partial charge in [-0.3, -0.25) is 9.69 Å². The van der Waals surface area contributed by atoms with Crippen LogP contribution in [-0.4, -0.2) is 79.8 Å². The molecule has 0 spiro atoms. The molecule has 2 aromatic carbocycles. The van der Waals surface area contributed by atoms with Crippen LogP contribution in [0, 0.1) is 0 Å². The quantitative estimate of drug-likeness (QED) is 0.816. The first kappa shape index (κ1) is 19.9. The van der Waals surface area contributed by atoms with Gasteiger partial charge in [0.15, 0.2) is 0 Å². The van der Waals surface area contributed by atoms with Gasteiger partial charge < -0.3 is 24.5 Å². The minimum Gasteiger partial charge on any atom is -0.506 e. The summed E-state index contributed by atoms with van der Waals surface area (Å²) in [6.45, 7) is 3.59. The van der Waals surface area contributed by atoms with Crippen molar-refractivity contribution in [1.82, 2.24) is 9.80 Å². The van der Waals surface area contributed by atoms with E-state index in [2.05, 4.69) is 4.90 Å². The largest absolute Gasteiger partial charge is 0.506 e. The summed E-state index contributed by atoms with van der Waals surface area (Å²) >= 11 is 0. The number of anilines is 2. The Morgan fingerprint density at radius 1 is 0.967 bits per heavy atom. The third-order valence-electron chi connectivity index (χ3n) is 5.66. The number of para-hydroxylation sites is 2. The molecule has 2 heterocycles. The van der Waals surface area contributed by atoms with E-state index in [-0.39, 0.29) is 24.2 Å². The van der Waals surface area contributed by atoms with Crippen LogP contribution in [0.3, 0.4) is 0 Å². The molecule has 2 aliphatic heterocycles. The Balaban J connectivity index is 1.31. The summed E-state index contributed by atoms with van der Waals surface area (Å²) in [6, 6.07) is 14.4. The third kappa shape index (κ3) is 3.98. The second kappa shape index (κ2) is 8.52. The Labute approximate surface area is 175 Å². The van der Waals surface area contributed by atoms with Crippen LogP contribution >= 0.6 is 0 Å². The molecule has 0 aromatic heterocycles. The molecule has 0 aliphatic carbocycles.